The molecule has 1 heterocycles. The summed E-state index contributed by atoms with van der Waals surface area (Å²) < 4.78 is 11.9. The monoisotopic (exact) mass is 385 g/mol. The minimum absolute atomic E-state index is 0.365. The number of para-hydroxylation sites is 2. The molecule has 0 fully saturated rings. The van der Waals surface area contributed by atoms with E-state index in [-0.39, 0.29) is 0 Å². The summed E-state index contributed by atoms with van der Waals surface area (Å²) in [6, 6.07) is 10.6. The molecule has 0 radical (unpaired) electrons. The topological polar surface area (TPSA) is 68.7 Å². The second-order valence-electron chi connectivity index (χ2n) is 3.94. The highest BCUT2D eigenvalue weighted by atomic mass is 127. The van der Waals surface area contributed by atoms with Crippen molar-refractivity contribution in [3.8, 4) is 17.4 Å². The molecule has 0 saturated carbocycles. The second kappa shape index (κ2) is 6.56. The fourth-order valence-corrected chi connectivity index (χ4v) is 1.88. The van der Waals surface area contributed by atoms with Crippen LogP contribution in [-0.2, 0) is 4.79 Å². The van der Waals surface area contributed by atoms with Gasteiger partial charge in [-0.15, -0.1) is 0 Å². The molecule has 1 atom stereocenters. The van der Waals surface area contributed by atoms with E-state index in [0.29, 0.717) is 17.4 Å². The molecule has 20 heavy (non-hydrogen) atoms. The number of carboxylic acid groups (broad SMARTS) is 1. The SMILES string of the molecule is CC(Oc1ccccc1Oc1ncccc1I)C(=O)O. The number of benzene rings is 1. The van der Waals surface area contributed by atoms with Crippen molar-refractivity contribution in [1.82, 2.24) is 4.98 Å². The van der Waals surface area contributed by atoms with E-state index in [2.05, 4.69) is 27.6 Å². The molecular weight excluding hydrogens is 373 g/mol. The van der Waals surface area contributed by atoms with Crippen LogP contribution in [0.15, 0.2) is 42.6 Å². The summed E-state index contributed by atoms with van der Waals surface area (Å²) in [5.41, 5.74) is 0. The van der Waals surface area contributed by atoms with Crippen LogP contribution in [-0.4, -0.2) is 22.2 Å². The van der Waals surface area contributed by atoms with E-state index in [1.54, 1.807) is 30.5 Å². The molecule has 0 spiro atoms. The highest BCUT2D eigenvalue weighted by Crippen LogP contribution is 2.32. The Morgan fingerprint density at radius 3 is 2.60 bits per heavy atom. The first-order valence-electron chi connectivity index (χ1n) is 5.85. The van der Waals surface area contributed by atoms with Gasteiger partial charge in [0.25, 0.3) is 0 Å². The van der Waals surface area contributed by atoms with Gasteiger partial charge in [0, 0.05) is 6.20 Å². The van der Waals surface area contributed by atoms with Gasteiger partial charge < -0.3 is 14.6 Å². The normalized spacial score (nSPS) is 11.7. The zero-order valence-corrected chi connectivity index (χ0v) is 12.8. The van der Waals surface area contributed by atoms with Gasteiger partial charge in [0.2, 0.25) is 5.88 Å². The van der Waals surface area contributed by atoms with Crippen molar-refractivity contribution in [2.75, 3.05) is 0 Å². The highest BCUT2D eigenvalue weighted by molar-refractivity contribution is 14.1. The number of carboxylic acids is 1. The maximum Gasteiger partial charge on any atom is 0.344 e. The summed E-state index contributed by atoms with van der Waals surface area (Å²) in [6.45, 7) is 1.46. The van der Waals surface area contributed by atoms with Gasteiger partial charge in [0.05, 0.1) is 3.57 Å². The first kappa shape index (κ1) is 14.6. The van der Waals surface area contributed by atoms with E-state index in [0.717, 1.165) is 3.57 Å². The third-order valence-corrected chi connectivity index (χ3v) is 3.25. The van der Waals surface area contributed by atoms with Gasteiger partial charge >= 0.3 is 5.97 Å². The Morgan fingerprint density at radius 2 is 1.95 bits per heavy atom. The van der Waals surface area contributed by atoms with Crippen LogP contribution in [0.3, 0.4) is 0 Å². The number of halogens is 1. The molecule has 0 aliphatic heterocycles. The lowest BCUT2D eigenvalue weighted by atomic mass is 10.3. The van der Waals surface area contributed by atoms with Crippen molar-refractivity contribution in [1.29, 1.82) is 0 Å². The molecule has 2 aromatic rings. The van der Waals surface area contributed by atoms with Crippen LogP contribution in [0.4, 0.5) is 0 Å². The third-order valence-electron chi connectivity index (χ3n) is 2.43. The van der Waals surface area contributed by atoms with Crippen LogP contribution in [0.5, 0.6) is 17.4 Å². The van der Waals surface area contributed by atoms with Crippen molar-refractivity contribution in [2.24, 2.45) is 0 Å². The molecular formula is C14H12INO4. The Labute approximate surface area is 129 Å². The minimum atomic E-state index is -1.03. The van der Waals surface area contributed by atoms with Gasteiger partial charge in [-0.25, -0.2) is 9.78 Å². The van der Waals surface area contributed by atoms with Crippen LogP contribution >= 0.6 is 22.6 Å². The summed E-state index contributed by atoms with van der Waals surface area (Å²) in [5, 5.41) is 8.89. The second-order valence-corrected chi connectivity index (χ2v) is 5.10. The van der Waals surface area contributed by atoms with Crippen LogP contribution < -0.4 is 9.47 Å². The summed E-state index contributed by atoms with van der Waals surface area (Å²) in [7, 11) is 0. The van der Waals surface area contributed by atoms with Gasteiger partial charge in [-0.1, -0.05) is 12.1 Å². The molecule has 0 aliphatic carbocycles. The number of aromatic nitrogens is 1. The van der Waals surface area contributed by atoms with E-state index in [1.165, 1.54) is 6.92 Å². The number of ether oxygens (including phenoxy) is 2. The zero-order chi connectivity index (χ0) is 14.5. The fraction of sp³-hybridized carbons (Fsp3) is 0.143. The van der Waals surface area contributed by atoms with Gasteiger partial charge in [0.1, 0.15) is 0 Å². The van der Waals surface area contributed by atoms with Crippen LogP contribution in [0.1, 0.15) is 6.92 Å². The Hall–Kier alpha value is -1.83. The first-order valence-corrected chi connectivity index (χ1v) is 6.92. The van der Waals surface area contributed by atoms with Crippen molar-refractivity contribution in [3.63, 3.8) is 0 Å². The molecule has 1 aromatic heterocycles. The first-order chi connectivity index (χ1) is 9.58. The number of hydrogen-bond donors (Lipinski definition) is 1. The predicted molar refractivity (Wildman–Crippen MR) is 81.2 cm³/mol. The van der Waals surface area contributed by atoms with E-state index < -0.39 is 12.1 Å². The Bertz CT molecular complexity index is 618. The molecule has 104 valence electrons. The molecule has 1 N–H and O–H groups in total. The van der Waals surface area contributed by atoms with Crippen LogP contribution in [0, 0.1) is 3.57 Å². The van der Waals surface area contributed by atoms with Crippen LogP contribution in [0.2, 0.25) is 0 Å². The van der Waals surface area contributed by atoms with Gasteiger partial charge in [-0.2, -0.15) is 0 Å². The lowest BCUT2D eigenvalue weighted by Crippen LogP contribution is -2.23. The quantitative estimate of drug-likeness (QED) is 0.800. The maximum absolute atomic E-state index is 10.8. The summed E-state index contributed by atoms with van der Waals surface area (Å²) in [5.74, 6) is 0.209. The standard InChI is InChI=1S/C14H12INO4/c1-9(14(17)18)19-11-6-2-3-7-12(11)20-13-10(15)5-4-8-16-13/h2-9H,1H3,(H,17,18). The number of nitrogens with zero attached hydrogens (tertiary/aromatic N) is 1. The van der Waals surface area contributed by atoms with Gasteiger partial charge in [-0.05, 0) is 53.8 Å². The molecule has 1 unspecified atom stereocenters. The number of aliphatic carboxylic acids is 1. The number of rotatable bonds is 5. The molecule has 5 nitrogen and oxygen atoms in total. The maximum atomic E-state index is 10.8. The summed E-state index contributed by atoms with van der Waals surface area (Å²) in [6.07, 6.45) is 0.670. The largest absolute Gasteiger partial charge is 0.479 e. The Kier molecular flexibility index (Phi) is 4.78. The van der Waals surface area contributed by atoms with E-state index in [4.69, 9.17) is 14.6 Å². The molecule has 0 saturated heterocycles. The molecule has 0 aliphatic rings. The smallest absolute Gasteiger partial charge is 0.344 e. The summed E-state index contributed by atoms with van der Waals surface area (Å²) in [4.78, 5) is 15.0. The van der Waals surface area contributed by atoms with Gasteiger partial charge in [0.15, 0.2) is 17.6 Å². The molecule has 0 bridgehead atoms. The summed E-state index contributed by atoms with van der Waals surface area (Å²) >= 11 is 2.11. The Balaban J connectivity index is 2.24. The van der Waals surface area contributed by atoms with E-state index in [1.807, 2.05) is 12.1 Å². The van der Waals surface area contributed by atoms with Crippen LogP contribution in [0.25, 0.3) is 0 Å². The number of hydrogen-bond acceptors (Lipinski definition) is 4. The number of pyridine rings is 1. The average Bonchev–Trinajstić information content (AvgIpc) is 2.43. The zero-order valence-electron chi connectivity index (χ0n) is 10.6. The van der Waals surface area contributed by atoms with Crippen molar-refractivity contribution < 1.29 is 19.4 Å². The lowest BCUT2D eigenvalue weighted by molar-refractivity contribution is -0.144. The fourth-order valence-electron chi connectivity index (χ4n) is 1.42. The Morgan fingerprint density at radius 1 is 1.25 bits per heavy atom. The van der Waals surface area contributed by atoms with Crippen molar-refractivity contribution in [2.45, 2.75) is 13.0 Å². The predicted octanol–water partition coefficient (Wildman–Crippen LogP) is 3.33. The third kappa shape index (κ3) is 3.60. The minimum Gasteiger partial charge on any atom is -0.479 e. The van der Waals surface area contributed by atoms with E-state index >= 15 is 0 Å². The number of carbonyl (C=O) groups is 1. The van der Waals surface area contributed by atoms with Crippen molar-refractivity contribution >= 4 is 28.6 Å². The molecule has 6 heteroatoms. The molecule has 2 rings (SSSR count). The van der Waals surface area contributed by atoms with Crippen molar-refractivity contribution in [3.05, 3.63) is 46.2 Å². The van der Waals surface area contributed by atoms with Gasteiger partial charge in [-0.3, -0.25) is 0 Å². The highest BCUT2D eigenvalue weighted by Gasteiger charge is 2.16. The molecule has 0 amide bonds. The van der Waals surface area contributed by atoms with E-state index in [9.17, 15) is 4.79 Å². The molecule has 1 aromatic carbocycles. The lowest BCUT2D eigenvalue weighted by Gasteiger charge is -2.14. The average molecular weight is 385 g/mol.